The Balaban J connectivity index is 3.08. The first-order chi connectivity index (χ1) is 9.71. The van der Waals surface area contributed by atoms with Crippen molar-refractivity contribution in [3.05, 3.63) is 18.0 Å². The second-order valence-corrected chi connectivity index (χ2v) is 6.94. The molecule has 0 aliphatic carbocycles. The Morgan fingerprint density at radius 1 is 1.48 bits per heavy atom. The van der Waals surface area contributed by atoms with Gasteiger partial charge in [-0.15, -0.1) is 0 Å². The molecule has 0 fully saturated rings. The van der Waals surface area contributed by atoms with Crippen LogP contribution in [0.15, 0.2) is 17.2 Å². The number of carboxylic acid groups (broad SMARTS) is 1. The van der Waals surface area contributed by atoms with Gasteiger partial charge in [-0.2, -0.15) is 4.31 Å². The summed E-state index contributed by atoms with van der Waals surface area (Å²) in [6, 6.07) is 1.04. The number of rotatable bonds is 8. The van der Waals surface area contributed by atoms with Crippen molar-refractivity contribution in [2.75, 3.05) is 26.8 Å². The summed E-state index contributed by atoms with van der Waals surface area (Å²) >= 11 is 0. The predicted molar refractivity (Wildman–Crippen MR) is 78.1 cm³/mol. The molecule has 1 rings (SSSR count). The SMILES string of the molecule is CCOCCN(C)S(=O)(=O)c1cc(C(=O)O)n(C(C)C)c1. The molecule has 7 nitrogen and oxygen atoms in total. The van der Waals surface area contributed by atoms with Crippen molar-refractivity contribution in [2.24, 2.45) is 0 Å². The maximum atomic E-state index is 12.4. The van der Waals surface area contributed by atoms with Crippen LogP contribution in [0.5, 0.6) is 0 Å². The van der Waals surface area contributed by atoms with Gasteiger partial charge in [0.25, 0.3) is 0 Å². The summed E-state index contributed by atoms with van der Waals surface area (Å²) < 4.78 is 32.5. The van der Waals surface area contributed by atoms with E-state index in [1.54, 1.807) is 13.8 Å². The van der Waals surface area contributed by atoms with Crippen LogP contribution in [0.2, 0.25) is 0 Å². The molecule has 0 atom stereocenters. The van der Waals surface area contributed by atoms with E-state index in [-0.39, 0.29) is 23.2 Å². The van der Waals surface area contributed by atoms with Gasteiger partial charge in [0.05, 0.1) is 6.61 Å². The molecule has 0 unspecified atom stereocenters. The molecule has 21 heavy (non-hydrogen) atoms. The first-order valence-electron chi connectivity index (χ1n) is 6.71. The molecule has 1 N–H and O–H groups in total. The first kappa shape index (κ1) is 17.7. The van der Waals surface area contributed by atoms with Crippen molar-refractivity contribution in [1.29, 1.82) is 0 Å². The number of ether oxygens (including phenoxy) is 1. The van der Waals surface area contributed by atoms with E-state index in [0.717, 1.165) is 4.31 Å². The summed E-state index contributed by atoms with van der Waals surface area (Å²) in [4.78, 5) is 11.2. The van der Waals surface area contributed by atoms with Gasteiger partial charge in [0, 0.05) is 32.4 Å². The third-order valence-corrected chi connectivity index (χ3v) is 4.88. The highest BCUT2D eigenvalue weighted by atomic mass is 32.2. The highest BCUT2D eigenvalue weighted by Gasteiger charge is 2.25. The molecule has 1 heterocycles. The van der Waals surface area contributed by atoms with E-state index in [1.807, 2.05) is 6.92 Å². The van der Waals surface area contributed by atoms with E-state index < -0.39 is 16.0 Å². The van der Waals surface area contributed by atoms with Crippen LogP contribution in [-0.2, 0) is 14.8 Å². The summed E-state index contributed by atoms with van der Waals surface area (Å²) in [6.07, 6.45) is 1.36. The lowest BCUT2D eigenvalue weighted by atomic mass is 10.3. The Labute approximate surface area is 125 Å². The zero-order chi connectivity index (χ0) is 16.2. The van der Waals surface area contributed by atoms with Crippen LogP contribution < -0.4 is 0 Å². The first-order valence-corrected chi connectivity index (χ1v) is 8.15. The van der Waals surface area contributed by atoms with E-state index in [4.69, 9.17) is 9.84 Å². The summed E-state index contributed by atoms with van der Waals surface area (Å²) in [7, 11) is -2.27. The van der Waals surface area contributed by atoms with Crippen LogP contribution in [0.25, 0.3) is 0 Å². The largest absolute Gasteiger partial charge is 0.477 e. The number of hydrogen-bond acceptors (Lipinski definition) is 4. The Kier molecular flexibility index (Phi) is 5.94. The van der Waals surface area contributed by atoms with Crippen molar-refractivity contribution in [3.8, 4) is 0 Å². The second kappa shape index (κ2) is 7.06. The van der Waals surface area contributed by atoms with E-state index in [2.05, 4.69) is 0 Å². The van der Waals surface area contributed by atoms with Gasteiger partial charge < -0.3 is 14.4 Å². The fraction of sp³-hybridized carbons (Fsp3) is 0.615. The Morgan fingerprint density at radius 2 is 2.10 bits per heavy atom. The van der Waals surface area contributed by atoms with Crippen LogP contribution in [-0.4, -0.2) is 55.2 Å². The van der Waals surface area contributed by atoms with E-state index in [9.17, 15) is 13.2 Å². The number of hydrogen-bond donors (Lipinski definition) is 1. The lowest BCUT2D eigenvalue weighted by Crippen LogP contribution is -2.30. The quantitative estimate of drug-likeness (QED) is 0.732. The predicted octanol–water partition coefficient (Wildman–Crippen LogP) is 1.42. The van der Waals surface area contributed by atoms with E-state index in [1.165, 1.54) is 23.9 Å². The summed E-state index contributed by atoms with van der Waals surface area (Å²) in [5.41, 5.74) is -0.0400. The van der Waals surface area contributed by atoms with Gasteiger partial charge in [-0.3, -0.25) is 0 Å². The molecule has 0 aliphatic heterocycles. The molecule has 1 aromatic heterocycles. The average molecular weight is 318 g/mol. The van der Waals surface area contributed by atoms with Gasteiger partial charge in [-0.25, -0.2) is 13.2 Å². The van der Waals surface area contributed by atoms with Gasteiger partial charge in [0.15, 0.2) is 0 Å². The highest BCUT2D eigenvalue weighted by Crippen LogP contribution is 2.21. The van der Waals surface area contributed by atoms with Crippen LogP contribution in [0, 0.1) is 0 Å². The maximum absolute atomic E-state index is 12.4. The molecule has 0 aromatic carbocycles. The molecule has 1 aromatic rings. The summed E-state index contributed by atoms with van der Waals surface area (Å²) in [5.74, 6) is -1.15. The minimum atomic E-state index is -3.72. The fourth-order valence-electron chi connectivity index (χ4n) is 1.83. The molecule has 0 amide bonds. The van der Waals surface area contributed by atoms with Gasteiger partial charge in [0.2, 0.25) is 10.0 Å². The van der Waals surface area contributed by atoms with Crippen molar-refractivity contribution in [3.63, 3.8) is 0 Å². The van der Waals surface area contributed by atoms with Crippen LogP contribution in [0.3, 0.4) is 0 Å². The van der Waals surface area contributed by atoms with Gasteiger partial charge in [0.1, 0.15) is 10.6 Å². The molecule has 0 saturated heterocycles. The topological polar surface area (TPSA) is 88.8 Å². The second-order valence-electron chi connectivity index (χ2n) is 4.89. The number of nitrogens with zero attached hydrogens (tertiary/aromatic N) is 2. The third-order valence-electron chi connectivity index (χ3n) is 3.06. The van der Waals surface area contributed by atoms with Crippen LogP contribution in [0.1, 0.15) is 37.3 Å². The van der Waals surface area contributed by atoms with Crippen LogP contribution in [0.4, 0.5) is 0 Å². The van der Waals surface area contributed by atoms with Crippen molar-refractivity contribution >= 4 is 16.0 Å². The minimum Gasteiger partial charge on any atom is -0.477 e. The smallest absolute Gasteiger partial charge is 0.352 e. The van der Waals surface area contributed by atoms with Gasteiger partial charge in [-0.05, 0) is 26.8 Å². The molecule has 0 spiro atoms. The van der Waals surface area contributed by atoms with Crippen molar-refractivity contribution in [2.45, 2.75) is 31.7 Å². The maximum Gasteiger partial charge on any atom is 0.352 e. The number of carboxylic acids is 1. The number of likely N-dealkylation sites (N-methyl/N-ethyl adjacent to an activating group) is 1. The lowest BCUT2D eigenvalue weighted by Gasteiger charge is -2.16. The molecule has 0 saturated carbocycles. The molecule has 0 radical (unpaired) electrons. The standard InChI is InChI=1S/C13H22N2O5S/c1-5-20-7-6-14(4)21(18,19)11-8-12(13(16)17)15(9-11)10(2)3/h8-10H,5-7H2,1-4H3,(H,16,17). The molecular weight excluding hydrogens is 296 g/mol. The normalized spacial score (nSPS) is 12.3. The monoisotopic (exact) mass is 318 g/mol. The number of aromatic carboxylic acids is 1. The van der Waals surface area contributed by atoms with Gasteiger partial charge >= 0.3 is 5.97 Å². The third kappa shape index (κ3) is 4.05. The Hall–Kier alpha value is -1.38. The number of sulfonamides is 1. The van der Waals surface area contributed by atoms with Gasteiger partial charge in [-0.1, -0.05) is 0 Å². The lowest BCUT2D eigenvalue weighted by molar-refractivity contribution is 0.0683. The molecule has 0 bridgehead atoms. The Bertz CT molecular complexity index is 592. The van der Waals surface area contributed by atoms with E-state index >= 15 is 0 Å². The highest BCUT2D eigenvalue weighted by molar-refractivity contribution is 7.89. The zero-order valence-electron chi connectivity index (χ0n) is 12.7. The van der Waals surface area contributed by atoms with Crippen LogP contribution >= 0.6 is 0 Å². The fourth-order valence-corrected chi connectivity index (χ4v) is 3.01. The van der Waals surface area contributed by atoms with Crippen molar-refractivity contribution in [1.82, 2.24) is 8.87 Å². The molecule has 0 aliphatic rings. The summed E-state index contributed by atoms with van der Waals surface area (Å²) in [5, 5.41) is 9.16. The molecule has 120 valence electrons. The molecular formula is C13H22N2O5S. The van der Waals surface area contributed by atoms with E-state index in [0.29, 0.717) is 13.2 Å². The summed E-state index contributed by atoms with van der Waals surface area (Å²) in [6.45, 7) is 6.44. The average Bonchev–Trinajstić information content (AvgIpc) is 2.84. The minimum absolute atomic E-state index is 0.0207. The Morgan fingerprint density at radius 3 is 2.52 bits per heavy atom. The number of aromatic nitrogens is 1. The van der Waals surface area contributed by atoms with Crippen molar-refractivity contribution < 1.29 is 23.1 Å². The number of carbonyl (C=O) groups is 1. The zero-order valence-corrected chi connectivity index (χ0v) is 13.6. The molecule has 8 heteroatoms.